The molecule has 2 rings (SSSR count). The van der Waals surface area contributed by atoms with Crippen LogP contribution >= 0.6 is 0 Å². The first-order valence-corrected chi connectivity index (χ1v) is 5.40. The van der Waals surface area contributed by atoms with Crippen LogP contribution in [0.15, 0.2) is 42.5 Å². The number of hydrogen-bond acceptors (Lipinski definition) is 2. The van der Waals surface area contributed by atoms with Gasteiger partial charge in [-0.1, -0.05) is 12.1 Å². The Morgan fingerprint density at radius 2 is 1.29 bits per heavy atom. The van der Waals surface area contributed by atoms with Gasteiger partial charge >= 0.3 is 0 Å². The maximum absolute atomic E-state index is 12.7. The molecule has 2 aromatic carbocycles. The van der Waals surface area contributed by atoms with Gasteiger partial charge in [0, 0.05) is 6.07 Å². The molecule has 0 bridgehead atoms. The molecule has 0 spiro atoms. The zero-order valence-electron chi connectivity index (χ0n) is 9.23. The van der Waals surface area contributed by atoms with E-state index in [1.165, 1.54) is 18.2 Å². The monoisotopic (exact) mass is 232 g/mol. The topological polar surface area (TPSA) is 40.5 Å². The predicted octanol–water partition coefficient (Wildman–Crippen LogP) is 3.02. The molecule has 88 valence electrons. The van der Waals surface area contributed by atoms with E-state index in [1.807, 2.05) is 0 Å². The summed E-state index contributed by atoms with van der Waals surface area (Å²) in [6.45, 7) is 0. The Morgan fingerprint density at radius 1 is 0.765 bits per heavy atom. The number of halogens is 1. The molecule has 0 aromatic heterocycles. The van der Waals surface area contributed by atoms with Crippen molar-refractivity contribution in [2.24, 2.45) is 0 Å². The molecule has 2 nitrogen and oxygen atoms in total. The largest absolute Gasteiger partial charge is 0.508 e. The highest BCUT2D eigenvalue weighted by molar-refractivity contribution is 5.37. The van der Waals surface area contributed by atoms with Crippen LogP contribution in [0.4, 0.5) is 4.39 Å². The molecule has 2 aromatic rings. The lowest BCUT2D eigenvalue weighted by Crippen LogP contribution is -1.91. The Kier molecular flexibility index (Phi) is 3.28. The molecule has 0 saturated heterocycles. The molecule has 0 aliphatic rings. The summed E-state index contributed by atoms with van der Waals surface area (Å²) in [6, 6.07) is 10.8. The third-order valence-corrected chi connectivity index (χ3v) is 2.58. The van der Waals surface area contributed by atoms with E-state index in [1.54, 1.807) is 24.3 Å². The summed E-state index contributed by atoms with van der Waals surface area (Å²) in [5.41, 5.74) is 1.88. The van der Waals surface area contributed by atoms with Crippen LogP contribution in [0.25, 0.3) is 0 Å². The normalized spacial score (nSPS) is 10.4. The molecular formula is C14H13FO2. The summed E-state index contributed by atoms with van der Waals surface area (Å²) in [4.78, 5) is 0. The molecule has 0 saturated carbocycles. The highest BCUT2D eigenvalue weighted by Gasteiger charge is 2.00. The first-order valence-electron chi connectivity index (χ1n) is 5.40. The first-order chi connectivity index (χ1) is 8.13. The molecule has 0 heterocycles. The van der Waals surface area contributed by atoms with Crippen LogP contribution in [0.5, 0.6) is 11.5 Å². The van der Waals surface area contributed by atoms with Crippen molar-refractivity contribution in [1.29, 1.82) is 0 Å². The second kappa shape index (κ2) is 4.87. The van der Waals surface area contributed by atoms with Crippen molar-refractivity contribution in [1.82, 2.24) is 0 Å². The number of hydrogen-bond donors (Lipinski definition) is 2. The number of aromatic hydroxyl groups is 2. The van der Waals surface area contributed by atoms with Crippen molar-refractivity contribution >= 4 is 0 Å². The van der Waals surface area contributed by atoms with Gasteiger partial charge in [-0.3, -0.25) is 0 Å². The molecule has 17 heavy (non-hydrogen) atoms. The number of phenolic OH excluding ortho intramolecular Hbond substituents is 2. The predicted molar refractivity (Wildman–Crippen MR) is 63.6 cm³/mol. The van der Waals surface area contributed by atoms with E-state index >= 15 is 0 Å². The van der Waals surface area contributed by atoms with Crippen molar-refractivity contribution in [2.45, 2.75) is 12.8 Å². The van der Waals surface area contributed by atoms with Crippen LogP contribution < -0.4 is 0 Å². The minimum absolute atomic E-state index is 0.0547. The number of phenols is 2. The highest BCUT2D eigenvalue weighted by atomic mass is 19.1. The van der Waals surface area contributed by atoms with Gasteiger partial charge in [0.1, 0.15) is 17.3 Å². The Balaban J connectivity index is 2.04. The van der Waals surface area contributed by atoms with Gasteiger partial charge in [0.25, 0.3) is 0 Å². The summed E-state index contributed by atoms with van der Waals surface area (Å²) < 4.78 is 12.7. The van der Waals surface area contributed by atoms with Crippen molar-refractivity contribution < 1.29 is 14.6 Å². The van der Waals surface area contributed by atoms with Crippen LogP contribution in [0.3, 0.4) is 0 Å². The zero-order chi connectivity index (χ0) is 12.3. The van der Waals surface area contributed by atoms with Crippen LogP contribution in [-0.2, 0) is 12.8 Å². The SMILES string of the molecule is Oc1cc(O)cc(CCc2ccc(F)cc2)c1. The first kappa shape index (κ1) is 11.5. The summed E-state index contributed by atoms with van der Waals surface area (Å²) in [7, 11) is 0. The van der Waals surface area contributed by atoms with Crippen molar-refractivity contribution in [3.8, 4) is 11.5 Å². The third-order valence-electron chi connectivity index (χ3n) is 2.58. The van der Waals surface area contributed by atoms with E-state index in [-0.39, 0.29) is 17.3 Å². The van der Waals surface area contributed by atoms with E-state index in [2.05, 4.69) is 0 Å². The van der Waals surface area contributed by atoms with Crippen LogP contribution in [0.1, 0.15) is 11.1 Å². The minimum atomic E-state index is -0.247. The molecule has 3 heteroatoms. The summed E-state index contributed by atoms with van der Waals surface area (Å²) in [5.74, 6) is -0.137. The van der Waals surface area contributed by atoms with Crippen molar-refractivity contribution in [3.63, 3.8) is 0 Å². The lowest BCUT2D eigenvalue weighted by Gasteiger charge is -2.04. The number of rotatable bonds is 3. The van der Waals surface area contributed by atoms with E-state index in [4.69, 9.17) is 0 Å². The van der Waals surface area contributed by atoms with E-state index < -0.39 is 0 Å². The van der Waals surface area contributed by atoms with Crippen molar-refractivity contribution in [3.05, 3.63) is 59.4 Å². The molecule has 0 amide bonds. The highest BCUT2D eigenvalue weighted by Crippen LogP contribution is 2.21. The van der Waals surface area contributed by atoms with Gasteiger partial charge in [-0.15, -0.1) is 0 Å². The molecular weight excluding hydrogens is 219 g/mol. The Bertz CT molecular complexity index is 486. The molecule has 0 aliphatic carbocycles. The minimum Gasteiger partial charge on any atom is -0.508 e. The van der Waals surface area contributed by atoms with Crippen LogP contribution in [0, 0.1) is 5.82 Å². The van der Waals surface area contributed by atoms with Crippen LogP contribution in [-0.4, -0.2) is 10.2 Å². The second-order valence-corrected chi connectivity index (χ2v) is 3.98. The fourth-order valence-electron chi connectivity index (χ4n) is 1.74. The summed E-state index contributed by atoms with van der Waals surface area (Å²) in [6.07, 6.45) is 1.43. The quantitative estimate of drug-likeness (QED) is 0.854. The Labute approximate surface area is 99.0 Å². The average Bonchev–Trinajstić information content (AvgIpc) is 2.27. The Hall–Kier alpha value is -2.03. The van der Waals surface area contributed by atoms with Gasteiger partial charge in [-0.05, 0) is 48.2 Å². The maximum atomic E-state index is 12.7. The lowest BCUT2D eigenvalue weighted by atomic mass is 10.0. The molecule has 0 aliphatic heterocycles. The fraction of sp³-hybridized carbons (Fsp3) is 0.143. The van der Waals surface area contributed by atoms with Gasteiger partial charge < -0.3 is 10.2 Å². The number of aryl methyl sites for hydroxylation is 2. The third kappa shape index (κ3) is 3.21. The Morgan fingerprint density at radius 3 is 1.88 bits per heavy atom. The molecule has 2 N–H and O–H groups in total. The molecule has 0 unspecified atom stereocenters. The fourth-order valence-corrected chi connectivity index (χ4v) is 1.74. The molecule has 0 atom stereocenters. The zero-order valence-corrected chi connectivity index (χ0v) is 9.23. The second-order valence-electron chi connectivity index (χ2n) is 3.98. The van der Waals surface area contributed by atoms with Gasteiger partial charge in [0.2, 0.25) is 0 Å². The van der Waals surface area contributed by atoms with Gasteiger partial charge in [-0.2, -0.15) is 0 Å². The number of benzene rings is 2. The van der Waals surface area contributed by atoms with E-state index in [0.717, 1.165) is 17.5 Å². The lowest BCUT2D eigenvalue weighted by molar-refractivity contribution is 0.449. The van der Waals surface area contributed by atoms with Gasteiger partial charge in [-0.25, -0.2) is 4.39 Å². The molecule has 0 radical (unpaired) electrons. The van der Waals surface area contributed by atoms with Crippen LogP contribution in [0.2, 0.25) is 0 Å². The van der Waals surface area contributed by atoms with E-state index in [0.29, 0.717) is 6.42 Å². The average molecular weight is 232 g/mol. The van der Waals surface area contributed by atoms with Gasteiger partial charge in [0.15, 0.2) is 0 Å². The standard InChI is InChI=1S/C14H13FO2/c15-12-5-3-10(4-6-12)1-2-11-7-13(16)9-14(17)8-11/h3-9,16-17H,1-2H2. The van der Waals surface area contributed by atoms with Gasteiger partial charge in [0.05, 0.1) is 0 Å². The van der Waals surface area contributed by atoms with E-state index in [9.17, 15) is 14.6 Å². The maximum Gasteiger partial charge on any atom is 0.123 e. The summed E-state index contributed by atoms with van der Waals surface area (Å²) in [5, 5.41) is 18.6. The van der Waals surface area contributed by atoms with Crippen molar-refractivity contribution in [2.75, 3.05) is 0 Å². The summed E-state index contributed by atoms with van der Waals surface area (Å²) >= 11 is 0. The smallest absolute Gasteiger partial charge is 0.123 e. The molecule has 0 fully saturated rings.